The van der Waals surface area contributed by atoms with Crippen LogP contribution >= 0.6 is 27.5 Å². The highest BCUT2D eigenvalue weighted by Crippen LogP contribution is 2.25. The summed E-state index contributed by atoms with van der Waals surface area (Å²) in [5.41, 5.74) is 2.03. The largest absolute Gasteiger partial charge is 0.489 e. The van der Waals surface area contributed by atoms with Crippen LogP contribution in [0, 0.1) is 0 Å². The number of hydrogen-bond acceptors (Lipinski definition) is 4. The summed E-state index contributed by atoms with van der Waals surface area (Å²) in [4.78, 5) is 4.13. The summed E-state index contributed by atoms with van der Waals surface area (Å²) in [6, 6.07) is 19.3. The zero-order valence-electron chi connectivity index (χ0n) is 14.7. The Hall–Kier alpha value is -2.08. The van der Waals surface area contributed by atoms with Crippen LogP contribution in [0.2, 0.25) is 5.02 Å². The molecule has 0 unspecified atom stereocenters. The van der Waals surface area contributed by atoms with Gasteiger partial charge >= 0.3 is 0 Å². The maximum absolute atomic E-state index is 6.21. The molecular weight excluding hydrogens is 428 g/mol. The molecule has 1 heterocycles. The van der Waals surface area contributed by atoms with Gasteiger partial charge in [-0.3, -0.25) is 0 Å². The van der Waals surface area contributed by atoms with E-state index in [2.05, 4.69) is 32.3 Å². The van der Waals surface area contributed by atoms with Gasteiger partial charge in [-0.1, -0.05) is 51.8 Å². The number of hydrogen-bond donors (Lipinski definition) is 1. The Labute approximate surface area is 172 Å². The summed E-state index contributed by atoms with van der Waals surface area (Å²) in [5.74, 6) is 1.46. The number of rotatable bonds is 9. The first-order valence-corrected chi connectivity index (χ1v) is 9.78. The number of nitrogens with one attached hydrogen (secondary N) is 1. The molecule has 0 atom stereocenters. The lowest BCUT2D eigenvalue weighted by molar-refractivity contribution is 0.295. The van der Waals surface area contributed by atoms with Crippen LogP contribution in [0.1, 0.15) is 11.1 Å². The van der Waals surface area contributed by atoms with Crippen molar-refractivity contribution in [3.63, 3.8) is 0 Å². The summed E-state index contributed by atoms with van der Waals surface area (Å²) >= 11 is 9.73. The van der Waals surface area contributed by atoms with Gasteiger partial charge in [0.1, 0.15) is 19.0 Å². The molecular formula is C21H20BrClN2O2. The lowest BCUT2D eigenvalue weighted by Crippen LogP contribution is -2.21. The fraction of sp³-hybridized carbons (Fsp3) is 0.190. The minimum atomic E-state index is 0.428. The van der Waals surface area contributed by atoms with Gasteiger partial charge in [0, 0.05) is 46.0 Å². The van der Waals surface area contributed by atoms with Crippen molar-refractivity contribution in [1.82, 2.24) is 10.3 Å². The Balaban J connectivity index is 1.52. The predicted molar refractivity (Wildman–Crippen MR) is 111 cm³/mol. The van der Waals surface area contributed by atoms with E-state index < -0.39 is 0 Å². The smallest absolute Gasteiger partial charge is 0.213 e. The first-order valence-electron chi connectivity index (χ1n) is 8.61. The number of nitrogens with zero attached hydrogens (tertiary/aromatic N) is 1. The fourth-order valence-corrected chi connectivity index (χ4v) is 3.08. The highest BCUT2D eigenvalue weighted by molar-refractivity contribution is 9.10. The molecule has 0 bridgehead atoms. The summed E-state index contributed by atoms with van der Waals surface area (Å²) in [6.07, 6.45) is 1.72. The van der Waals surface area contributed by atoms with Gasteiger partial charge in [-0.2, -0.15) is 0 Å². The molecule has 0 fully saturated rings. The van der Waals surface area contributed by atoms with E-state index in [0.717, 1.165) is 21.3 Å². The summed E-state index contributed by atoms with van der Waals surface area (Å²) in [5, 5.41) is 4.08. The van der Waals surface area contributed by atoms with Crippen LogP contribution in [-0.4, -0.2) is 18.1 Å². The number of halogens is 2. The van der Waals surface area contributed by atoms with Crippen molar-refractivity contribution >= 4 is 27.5 Å². The van der Waals surface area contributed by atoms with Crippen LogP contribution in [0.5, 0.6) is 11.6 Å². The molecule has 3 rings (SSSR count). The van der Waals surface area contributed by atoms with Crippen LogP contribution in [0.3, 0.4) is 0 Å². The first-order chi connectivity index (χ1) is 13.2. The second-order valence-electron chi connectivity index (χ2n) is 5.83. The Morgan fingerprint density at radius 1 is 0.963 bits per heavy atom. The summed E-state index contributed by atoms with van der Waals surface area (Å²) < 4.78 is 12.6. The lowest BCUT2D eigenvalue weighted by atomic mass is 10.2. The Morgan fingerprint density at radius 3 is 2.63 bits per heavy atom. The lowest BCUT2D eigenvalue weighted by Gasteiger charge is -2.14. The fourth-order valence-electron chi connectivity index (χ4n) is 2.48. The van der Waals surface area contributed by atoms with Crippen molar-refractivity contribution in [3.8, 4) is 11.6 Å². The second-order valence-corrected chi connectivity index (χ2v) is 7.15. The number of ether oxygens (including phenoxy) is 2. The van der Waals surface area contributed by atoms with Gasteiger partial charge in [0.25, 0.3) is 0 Å². The maximum atomic E-state index is 6.21. The van der Waals surface area contributed by atoms with Gasteiger partial charge in [-0.15, -0.1) is 0 Å². The van der Waals surface area contributed by atoms with Crippen molar-refractivity contribution in [3.05, 3.63) is 87.5 Å². The molecule has 0 aliphatic carbocycles. The average molecular weight is 448 g/mol. The third-order valence-corrected chi connectivity index (χ3v) is 4.71. The third kappa shape index (κ3) is 6.24. The Bertz CT molecular complexity index is 862. The van der Waals surface area contributed by atoms with E-state index in [1.807, 2.05) is 54.6 Å². The van der Waals surface area contributed by atoms with Gasteiger partial charge in [-0.05, 0) is 30.3 Å². The van der Waals surface area contributed by atoms with Crippen LogP contribution < -0.4 is 14.8 Å². The van der Waals surface area contributed by atoms with Crippen LogP contribution in [0.25, 0.3) is 0 Å². The van der Waals surface area contributed by atoms with Crippen molar-refractivity contribution < 1.29 is 9.47 Å². The van der Waals surface area contributed by atoms with Crippen LogP contribution in [0.15, 0.2) is 71.3 Å². The molecule has 4 nitrogen and oxygen atoms in total. The topological polar surface area (TPSA) is 43.4 Å². The van der Waals surface area contributed by atoms with E-state index in [4.69, 9.17) is 21.1 Å². The van der Waals surface area contributed by atoms with Crippen molar-refractivity contribution in [2.24, 2.45) is 0 Å². The quantitative estimate of drug-likeness (QED) is 0.455. The molecule has 140 valence electrons. The molecule has 0 saturated carbocycles. The average Bonchev–Trinajstić information content (AvgIpc) is 2.69. The molecule has 0 aliphatic heterocycles. The predicted octanol–water partition coefficient (Wildman–Crippen LogP) is 5.25. The van der Waals surface area contributed by atoms with E-state index in [9.17, 15) is 0 Å². The van der Waals surface area contributed by atoms with Gasteiger partial charge < -0.3 is 14.8 Å². The van der Waals surface area contributed by atoms with E-state index >= 15 is 0 Å². The molecule has 0 saturated heterocycles. The maximum Gasteiger partial charge on any atom is 0.213 e. The number of benzene rings is 2. The first kappa shape index (κ1) is 19.7. The second kappa shape index (κ2) is 10.3. The molecule has 6 heteroatoms. The van der Waals surface area contributed by atoms with E-state index in [0.29, 0.717) is 37.2 Å². The molecule has 0 aliphatic rings. The highest BCUT2D eigenvalue weighted by atomic mass is 79.9. The molecule has 3 aromatic rings. The molecule has 27 heavy (non-hydrogen) atoms. The van der Waals surface area contributed by atoms with Gasteiger partial charge in [0.2, 0.25) is 5.88 Å². The van der Waals surface area contributed by atoms with E-state index in [1.54, 1.807) is 6.20 Å². The number of pyridine rings is 1. The van der Waals surface area contributed by atoms with Crippen molar-refractivity contribution in [2.45, 2.75) is 13.2 Å². The van der Waals surface area contributed by atoms with Gasteiger partial charge in [-0.25, -0.2) is 4.98 Å². The van der Waals surface area contributed by atoms with Crippen LogP contribution in [0.4, 0.5) is 0 Å². The molecule has 2 aromatic carbocycles. The van der Waals surface area contributed by atoms with Crippen molar-refractivity contribution in [2.75, 3.05) is 13.2 Å². The molecule has 0 radical (unpaired) electrons. The third-order valence-electron chi connectivity index (χ3n) is 3.85. The molecule has 0 spiro atoms. The minimum absolute atomic E-state index is 0.428. The Kier molecular flexibility index (Phi) is 7.51. The van der Waals surface area contributed by atoms with E-state index in [-0.39, 0.29) is 0 Å². The molecule has 0 amide bonds. The monoisotopic (exact) mass is 446 g/mol. The molecule has 1 aromatic heterocycles. The number of aromatic nitrogens is 1. The SMILES string of the molecule is Clc1ccccc1COc1ccc(Br)cc1CNCCOc1ccccn1. The highest BCUT2D eigenvalue weighted by Gasteiger charge is 2.07. The van der Waals surface area contributed by atoms with Crippen molar-refractivity contribution in [1.29, 1.82) is 0 Å². The zero-order chi connectivity index (χ0) is 18.9. The van der Waals surface area contributed by atoms with Crippen LogP contribution in [-0.2, 0) is 13.2 Å². The zero-order valence-corrected chi connectivity index (χ0v) is 17.0. The normalized spacial score (nSPS) is 10.6. The standard InChI is InChI=1S/C21H20BrClN2O2/c22-18-8-9-20(27-15-16-5-1-2-6-19(16)23)17(13-18)14-24-11-12-26-21-7-3-4-10-25-21/h1-10,13,24H,11-12,14-15H2. The minimum Gasteiger partial charge on any atom is -0.489 e. The summed E-state index contributed by atoms with van der Waals surface area (Å²) in [7, 11) is 0. The van der Waals surface area contributed by atoms with Gasteiger partial charge in [0.15, 0.2) is 0 Å². The Morgan fingerprint density at radius 2 is 1.81 bits per heavy atom. The molecule has 1 N–H and O–H groups in total. The summed E-state index contributed by atoms with van der Waals surface area (Å²) in [6.45, 7) is 2.34. The van der Waals surface area contributed by atoms with E-state index in [1.165, 1.54) is 0 Å². The van der Waals surface area contributed by atoms with Gasteiger partial charge in [0.05, 0.1) is 0 Å².